The highest BCUT2D eigenvalue weighted by Gasteiger charge is 2.39. The average Bonchev–Trinajstić information content (AvgIpc) is 2.91. The minimum Gasteiger partial charge on any atom is -0.322 e. The third-order valence-electron chi connectivity index (χ3n) is 5.24. The van der Waals surface area contributed by atoms with Gasteiger partial charge >= 0.3 is 0 Å². The Morgan fingerprint density at radius 2 is 1.84 bits per heavy atom. The van der Waals surface area contributed by atoms with E-state index < -0.39 is 0 Å². The number of hydrogen-bond acceptors (Lipinski definition) is 2. The third-order valence-corrected chi connectivity index (χ3v) is 5.24. The Bertz CT molecular complexity index is 567. The number of nitrogens with zero attached hydrogens (tertiary/aromatic N) is 4. The van der Waals surface area contributed by atoms with Crippen molar-refractivity contribution >= 4 is 11.0 Å². The Balaban J connectivity index is 1.52. The monoisotopic (exact) mass is 257 g/mol. The van der Waals surface area contributed by atoms with Crippen LogP contribution in [0.3, 0.4) is 0 Å². The molecular weight excluding hydrogens is 236 g/mol. The molecule has 4 heteroatoms. The lowest BCUT2D eigenvalue weighted by molar-refractivity contribution is -0.943. The van der Waals surface area contributed by atoms with Crippen molar-refractivity contribution in [3.05, 3.63) is 24.3 Å². The predicted molar refractivity (Wildman–Crippen MR) is 74.6 cm³/mol. The zero-order chi connectivity index (χ0) is 12.7. The van der Waals surface area contributed by atoms with Gasteiger partial charge in [0.1, 0.15) is 5.52 Å². The first-order valence-electron chi connectivity index (χ1n) is 7.48. The molecule has 0 atom stereocenters. The van der Waals surface area contributed by atoms with E-state index in [1.165, 1.54) is 55.4 Å². The lowest BCUT2D eigenvalue weighted by atomic mass is 9.86. The lowest BCUT2D eigenvalue weighted by Gasteiger charge is -2.49. The van der Waals surface area contributed by atoms with Gasteiger partial charge < -0.3 is 4.48 Å². The predicted octanol–water partition coefficient (Wildman–Crippen LogP) is 2.06. The first-order chi connectivity index (χ1) is 9.35. The van der Waals surface area contributed by atoms with Crippen molar-refractivity contribution in [2.45, 2.75) is 25.8 Å². The minimum absolute atomic E-state index is 1.01. The van der Waals surface area contributed by atoms with E-state index in [9.17, 15) is 0 Å². The molecule has 3 aliphatic heterocycles. The van der Waals surface area contributed by atoms with Crippen LogP contribution in [0, 0.1) is 5.92 Å². The molecule has 2 aromatic rings. The number of hydrogen-bond donors (Lipinski definition) is 0. The van der Waals surface area contributed by atoms with Gasteiger partial charge in [-0.2, -0.15) is 0 Å². The van der Waals surface area contributed by atoms with Crippen molar-refractivity contribution in [1.82, 2.24) is 15.0 Å². The molecule has 0 spiro atoms. The molecule has 100 valence electrons. The third kappa shape index (κ3) is 1.94. The van der Waals surface area contributed by atoms with Gasteiger partial charge in [-0.05, 0) is 37.3 Å². The van der Waals surface area contributed by atoms with Crippen molar-refractivity contribution in [1.29, 1.82) is 0 Å². The number of fused-ring (bicyclic) bond motifs is 4. The highest BCUT2D eigenvalue weighted by atomic mass is 15.4. The van der Waals surface area contributed by atoms with Crippen LogP contribution in [0.5, 0.6) is 0 Å². The average molecular weight is 257 g/mol. The number of piperidine rings is 3. The largest absolute Gasteiger partial charge is 0.322 e. The maximum atomic E-state index is 4.31. The molecule has 1 aromatic heterocycles. The molecule has 4 nitrogen and oxygen atoms in total. The quantitative estimate of drug-likeness (QED) is 0.788. The summed E-state index contributed by atoms with van der Waals surface area (Å²) in [5.41, 5.74) is 2.19. The van der Waals surface area contributed by atoms with Crippen LogP contribution in [-0.4, -0.2) is 45.7 Å². The fourth-order valence-corrected chi connectivity index (χ4v) is 3.86. The summed E-state index contributed by atoms with van der Waals surface area (Å²) in [5, 5.41) is 8.56. The van der Waals surface area contributed by atoms with E-state index in [2.05, 4.69) is 27.1 Å². The summed E-state index contributed by atoms with van der Waals surface area (Å²) in [7, 11) is 0. The summed E-state index contributed by atoms with van der Waals surface area (Å²) in [6.07, 6.45) is 4.33. The molecule has 0 amide bonds. The van der Waals surface area contributed by atoms with E-state index in [0.29, 0.717) is 0 Å². The number of quaternary nitrogens is 1. The molecular formula is C15H21N4+. The van der Waals surface area contributed by atoms with Crippen molar-refractivity contribution in [2.24, 2.45) is 5.92 Å². The Kier molecular flexibility index (Phi) is 2.58. The van der Waals surface area contributed by atoms with Crippen LogP contribution in [0.2, 0.25) is 0 Å². The summed E-state index contributed by atoms with van der Waals surface area (Å²) in [4.78, 5) is 0. The molecule has 5 rings (SSSR count). The normalized spacial score (nSPS) is 30.0. The van der Waals surface area contributed by atoms with E-state index in [0.717, 1.165) is 18.0 Å². The number of benzene rings is 1. The molecule has 3 aliphatic rings. The van der Waals surface area contributed by atoms with Crippen LogP contribution in [0.1, 0.15) is 19.3 Å². The molecule has 4 heterocycles. The Labute approximate surface area is 113 Å². The Morgan fingerprint density at radius 1 is 1.11 bits per heavy atom. The van der Waals surface area contributed by atoms with Crippen LogP contribution in [0.25, 0.3) is 11.0 Å². The van der Waals surface area contributed by atoms with Gasteiger partial charge in [-0.25, -0.2) is 4.68 Å². The molecule has 2 bridgehead atoms. The van der Waals surface area contributed by atoms with Gasteiger partial charge in [0, 0.05) is 0 Å². The van der Waals surface area contributed by atoms with Crippen LogP contribution >= 0.6 is 0 Å². The van der Waals surface area contributed by atoms with Crippen LogP contribution in [0.15, 0.2) is 24.3 Å². The Morgan fingerprint density at radius 3 is 2.63 bits per heavy atom. The second-order valence-corrected chi connectivity index (χ2v) is 6.27. The van der Waals surface area contributed by atoms with Crippen molar-refractivity contribution in [2.75, 3.05) is 26.2 Å². The molecule has 19 heavy (non-hydrogen) atoms. The standard InChI is InChI=1S/C15H21N4/c1-2-4-15-14(3-1)16-17-18(15)8-12-19-9-5-13(6-10-19)7-11-19/h1-4,13H,5-12H2/q+1. The first kappa shape index (κ1) is 11.4. The fraction of sp³-hybridized carbons (Fsp3) is 0.600. The van der Waals surface area contributed by atoms with Crippen LogP contribution < -0.4 is 0 Å². The lowest BCUT2D eigenvalue weighted by Crippen LogP contribution is -2.59. The summed E-state index contributed by atoms with van der Waals surface area (Å²) < 4.78 is 3.41. The van der Waals surface area contributed by atoms with E-state index >= 15 is 0 Å². The highest BCUT2D eigenvalue weighted by molar-refractivity contribution is 5.73. The summed E-state index contributed by atoms with van der Waals surface area (Å²) in [5.74, 6) is 1.03. The van der Waals surface area contributed by atoms with Gasteiger partial charge in [-0.1, -0.05) is 17.3 Å². The smallest absolute Gasteiger partial charge is 0.113 e. The van der Waals surface area contributed by atoms with Crippen LogP contribution in [0.4, 0.5) is 0 Å². The zero-order valence-electron chi connectivity index (χ0n) is 11.3. The van der Waals surface area contributed by atoms with Gasteiger partial charge in [-0.15, -0.1) is 5.10 Å². The second kappa shape index (κ2) is 4.30. The van der Waals surface area contributed by atoms with Gasteiger partial charge in [0.2, 0.25) is 0 Å². The molecule has 0 radical (unpaired) electrons. The topological polar surface area (TPSA) is 30.7 Å². The molecule has 0 saturated carbocycles. The number of rotatable bonds is 3. The molecule has 3 fully saturated rings. The SMILES string of the molecule is c1ccc2c(c1)nnn2CC[N+]12CCC(CC1)CC2. The molecule has 3 saturated heterocycles. The molecule has 0 unspecified atom stereocenters. The van der Waals surface area contributed by atoms with Gasteiger partial charge in [-0.3, -0.25) is 0 Å². The summed E-state index contributed by atoms with van der Waals surface area (Å²) >= 11 is 0. The van der Waals surface area contributed by atoms with E-state index in [4.69, 9.17) is 0 Å². The van der Waals surface area contributed by atoms with Gasteiger partial charge in [0.15, 0.2) is 0 Å². The van der Waals surface area contributed by atoms with Crippen molar-refractivity contribution in [3.8, 4) is 0 Å². The second-order valence-electron chi connectivity index (χ2n) is 6.27. The zero-order valence-corrected chi connectivity index (χ0v) is 11.3. The number of aromatic nitrogens is 3. The Hall–Kier alpha value is -1.42. The first-order valence-corrected chi connectivity index (χ1v) is 7.48. The van der Waals surface area contributed by atoms with Gasteiger partial charge in [0.25, 0.3) is 0 Å². The van der Waals surface area contributed by atoms with Crippen molar-refractivity contribution < 1.29 is 4.48 Å². The summed E-state index contributed by atoms with van der Waals surface area (Å²) in [6, 6.07) is 8.26. The van der Waals surface area contributed by atoms with E-state index in [1.54, 1.807) is 0 Å². The van der Waals surface area contributed by atoms with Crippen molar-refractivity contribution in [3.63, 3.8) is 0 Å². The van der Waals surface area contributed by atoms with Crippen LogP contribution in [-0.2, 0) is 6.54 Å². The maximum absolute atomic E-state index is 4.31. The molecule has 0 N–H and O–H groups in total. The van der Waals surface area contributed by atoms with E-state index in [1.807, 2.05) is 12.1 Å². The molecule has 1 aromatic carbocycles. The molecule has 0 aliphatic carbocycles. The number of para-hydroxylation sites is 1. The van der Waals surface area contributed by atoms with E-state index in [-0.39, 0.29) is 0 Å². The fourth-order valence-electron chi connectivity index (χ4n) is 3.86. The summed E-state index contributed by atoms with van der Waals surface area (Å²) in [6.45, 7) is 6.39. The van der Waals surface area contributed by atoms with Gasteiger partial charge in [0.05, 0.1) is 38.2 Å². The minimum atomic E-state index is 1.01. The maximum Gasteiger partial charge on any atom is 0.113 e. The highest BCUT2D eigenvalue weighted by Crippen LogP contribution is 2.33.